The summed E-state index contributed by atoms with van der Waals surface area (Å²) >= 11 is 0.937. The molecule has 3 aromatic carbocycles. The minimum atomic E-state index is -3.58. The normalized spacial score (nSPS) is 20.3. The number of benzene rings is 3. The molecule has 236 valence electrons. The Bertz CT molecular complexity index is 2000. The lowest BCUT2D eigenvalue weighted by atomic mass is 9.75. The third kappa shape index (κ3) is 6.04. The summed E-state index contributed by atoms with van der Waals surface area (Å²) in [6, 6.07) is 15.8. The van der Waals surface area contributed by atoms with Crippen molar-refractivity contribution in [3.8, 4) is 11.4 Å². The standard InChI is InChI=1S/C34H35F3N4O2S2/c1-33(2)15-8-16-34(3,21-9-6-5-7-10-21)32-39-31(41(4)40-32)25-19-22(11-12-26(25)35)44-30-24(14-18-45(42,43)20-33)23-13-17-38-29(23)27(36)28(30)37/h5-7,9-13,17,19,38H,8,14-16,18,20H2,1-4H3/t34-/m1/s1. The van der Waals surface area contributed by atoms with E-state index in [2.05, 4.69) is 11.9 Å². The fraction of sp³-hybridized carbons (Fsp3) is 0.353. The molecule has 0 radical (unpaired) electrons. The largest absolute Gasteiger partial charge is 0.359 e. The Hall–Kier alpha value is -3.57. The number of aromatic amines is 1. The number of aromatic nitrogens is 4. The van der Waals surface area contributed by atoms with Gasteiger partial charge in [0.25, 0.3) is 0 Å². The Morgan fingerprint density at radius 1 is 0.978 bits per heavy atom. The highest BCUT2D eigenvalue weighted by atomic mass is 32.2. The Morgan fingerprint density at radius 2 is 1.73 bits per heavy atom. The number of hydrogen-bond acceptors (Lipinski definition) is 5. The summed E-state index contributed by atoms with van der Waals surface area (Å²) in [4.78, 5) is 8.04. The third-order valence-electron chi connectivity index (χ3n) is 8.83. The average molecular weight is 653 g/mol. The van der Waals surface area contributed by atoms with Gasteiger partial charge in [-0.1, -0.05) is 62.4 Å². The van der Waals surface area contributed by atoms with E-state index >= 15 is 13.2 Å². The molecule has 6 nitrogen and oxygen atoms in total. The van der Waals surface area contributed by atoms with E-state index in [4.69, 9.17) is 10.1 Å². The molecule has 5 aromatic rings. The monoisotopic (exact) mass is 652 g/mol. The smallest absolute Gasteiger partial charge is 0.184 e. The summed E-state index contributed by atoms with van der Waals surface area (Å²) in [5.74, 6) is -2.09. The molecule has 0 amide bonds. The van der Waals surface area contributed by atoms with Gasteiger partial charge in [-0.05, 0) is 67.0 Å². The maximum Gasteiger partial charge on any atom is 0.184 e. The molecule has 11 heteroatoms. The topological polar surface area (TPSA) is 80.6 Å². The molecule has 1 atom stereocenters. The second-order valence-corrected chi connectivity index (χ2v) is 16.2. The van der Waals surface area contributed by atoms with Crippen molar-refractivity contribution in [3.05, 3.63) is 95.2 Å². The number of hydrogen-bond donors (Lipinski definition) is 1. The maximum absolute atomic E-state index is 15.7. The van der Waals surface area contributed by atoms with Crippen molar-refractivity contribution in [2.45, 2.75) is 61.7 Å². The molecule has 3 heterocycles. The fourth-order valence-corrected chi connectivity index (χ4v) is 9.50. The Balaban J connectivity index is 1.54. The van der Waals surface area contributed by atoms with Crippen molar-refractivity contribution in [2.75, 3.05) is 11.5 Å². The highest BCUT2D eigenvalue weighted by molar-refractivity contribution is 7.99. The average Bonchev–Trinajstić information content (AvgIpc) is 3.63. The van der Waals surface area contributed by atoms with Crippen molar-refractivity contribution < 1.29 is 21.6 Å². The number of fused-ring (bicyclic) bond motifs is 8. The lowest BCUT2D eigenvalue weighted by Gasteiger charge is -2.30. The molecule has 1 aliphatic heterocycles. The molecule has 0 saturated carbocycles. The Kier molecular flexibility index (Phi) is 8.14. The van der Waals surface area contributed by atoms with Gasteiger partial charge >= 0.3 is 0 Å². The van der Waals surface area contributed by atoms with Crippen LogP contribution >= 0.6 is 11.8 Å². The molecule has 45 heavy (non-hydrogen) atoms. The molecule has 0 unspecified atom stereocenters. The molecule has 4 bridgehead atoms. The summed E-state index contributed by atoms with van der Waals surface area (Å²) in [6.07, 6.45) is 3.47. The van der Waals surface area contributed by atoms with Gasteiger partial charge in [0, 0.05) is 23.5 Å². The van der Waals surface area contributed by atoms with Crippen LogP contribution in [0.2, 0.25) is 0 Å². The summed E-state index contributed by atoms with van der Waals surface area (Å²) < 4.78 is 75.0. The van der Waals surface area contributed by atoms with Gasteiger partial charge in [-0.15, -0.1) is 0 Å². The molecular formula is C34H35F3N4O2S2. The summed E-state index contributed by atoms with van der Waals surface area (Å²) in [6.45, 7) is 5.94. The zero-order valence-electron chi connectivity index (χ0n) is 25.6. The number of H-pyrrole nitrogens is 1. The SMILES string of the molecule is Cn1nc2nc1-c1cc(ccc1F)Sc1c(F)c(F)c3[nH]ccc3c1CCS(=O)(=O)CC(C)(C)CCC[C@]2(C)c1ccccc1. The summed E-state index contributed by atoms with van der Waals surface area (Å²) in [7, 11) is -1.87. The number of aryl methyl sites for hydroxylation is 2. The van der Waals surface area contributed by atoms with Crippen LogP contribution in [0.15, 0.2) is 70.6 Å². The third-order valence-corrected chi connectivity index (χ3v) is 12.0. The second-order valence-electron chi connectivity index (χ2n) is 12.9. The lowest BCUT2D eigenvalue weighted by Crippen LogP contribution is -2.29. The number of nitrogens with zero attached hydrogens (tertiary/aromatic N) is 3. The van der Waals surface area contributed by atoms with Crippen LogP contribution in [0.4, 0.5) is 13.2 Å². The van der Waals surface area contributed by atoms with Crippen molar-refractivity contribution in [2.24, 2.45) is 12.5 Å². The number of nitrogens with one attached hydrogen (secondary N) is 1. The second kappa shape index (κ2) is 11.7. The molecule has 0 saturated heterocycles. The molecule has 1 N–H and O–H groups in total. The zero-order chi connectivity index (χ0) is 32.1. The molecule has 0 fully saturated rings. The number of sulfone groups is 1. The van der Waals surface area contributed by atoms with Gasteiger partial charge in [-0.3, -0.25) is 0 Å². The maximum atomic E-state index is 15.7. The van der Waals surface area contributed by atoms with E-state index < -0.39 is 38.1 Å². The molecular weight excluding hydrogens is 618 g/mol. The minimum absolute atomic E-state index is 0.000916. The lowest BCUT2D eigenvalue weighted by molar-refractivity contribution is 0.337. The first-order valence-corrected chi connectivity index (χ1v) is 17.5. The predicted octanol–water partition coefficient (Wildman–Crippen LogP) is 8.01. The van der Waals surface area contributed by atoms with Crippen LogP contribution in [0.3, 0.4) is 0 Å². The van der Waals surface area contributed by atoms with Crippen LogP contribution in [-0.4, -0.2) is 39.7 Å². The van der Waals surface area contributed by atoms with E-state index in [1.807, 2.05) is 44.2 Å². The molecule has 1 aliphatic rings. The van der Waals surface area contributed by atoms with Gasteiger partial charge in [0.2, 0.25) is 0 Å². The van der Waals surface area contributed by atoms with Gasteiger partial charge < -0.3 is 4.98 Å². The van der Waals surface area contributed by atoms with Crippen LogP contribution in [0.25, 0.3) is 22.3 Å². The zero-order valence-corrected chi connectivity index (χ0v) is 27.3. The minimum Gasteiger partial charge on any atom is -0.359 e. The molecule has 0 aliphatic carbocycles. The van der Waals surface area contributed by atoms with Gasteiger partial charge in [-0.25, -0.2) is 31.3 Å². The van der Waals surface area contributed by atoms with E-state index in [0.717, 1.165) is 17.3 Å². The van der Waals surface area contributed by atoms with Crippen LogP contribution in [-0.2, 0) is 28.7 Å². The van der Waals surface area contributed by atoms with Crippen LogP contribution in [0.5, 0.6) is 0 Å². The van der Waals surface area contributed by atoms with Gasteiger partial charge in [0.05, 0.1) is 32.9 Å². The van der Waals surface area contributed by atoms with Crippen molar-refractivity contribution in [1.82, 2.24) is 19.7 Å². The summed E-state index contributed by atoms with van der Waals surface area (Å²) in [5.41, 5.74) is 0.369. The van der Waals surface area contributed by atoms with E-state index in [9.17, 15) is 8.42 Å². The first kappa shape index (κ1) is 31.4. The van der Waals surface area contributed by atoms with E-state index in [1.165, 1.54) is 18.3 Å². The van der Waals surface area contributed by atoms with E-state index in [-0.39, 0.29) is 33.9 Å². The van der Waals surface area contributed by atoms with Crippen molar-refractivity contribution >= 4 is 32.5 Å². The molecule has 0 spiro atoms. The molecule has 6 rings (SSSR count). The highest BCUT2D eigenvalue weighted by Crippen LogP contribution is 2.42. The highest BCUT2D eigenvalue weighted by Gasteiger charge is 2.36. The Labute approximate surface area is 265 Å². The van der Waals surface area contributed by atoms with Gasteiger partial charge in [0.1, 0.15) is 5.82 Å². The summed E-state index contributed by atoms with van der Waals surface area (Å²) in [5, 5.41) is 5.18. The first-order valence-electron chi connectivity index (χ1n) is 14.9. The van der Waals surface area contributed by atoms with Crippen LogP contribution < -0.4 is 0 Å². The molecule has 2 aromatic heterocycles. The number of rotatable bonds is 1. The number of halogens is 3. The van der Waals surface area contributed by atoms with Crippen molar-refractivity contribution in [3.63, 3.8) is 0 Å². The van der Waals surface area contributed by atoms with E-state index in [0.29, 0.717) is 46.8 Å². The van der Waals surface area contributed by atoms with Crippen LogP contribution in [0.1, 0.15) is 57.0 Å². The fourth-order valence-electron chi connectivity index (χ4n) is 6.44. The Morgan fingerprint density at radius 3 is 2.49 bits per heavy atom. The van der Waals surface area contributed by atoms with Crippen LogP contribution in [0, 0.1) is 22.9 Å². The van der Waals surface area contributed by atoms with Gasteiger partial charge in [0.15, 0.2) is 33.1 Å². The van der Waals surface area contributed by atoms with E-state index in [1.54, 1.807) is 23.9 Å². The quantitative estimate of drug-likeness (QED) is 0.199. The first-order chi connectivity index (χ1) is 21.3. The van der Waals surface area contributed by atoms with Crippen molar-refractivity contribution in [1.29, 1.82) is 0 Å². The predicted molar refractivity (Wildman–Crippen MR) is 172 cm³/mol. The van der Waals surface area contributed by atoms with Gasteiger partial charge in [-0.2, -0.15) is 5.10 Å².